The van der Waals surface area contributed by atoms with E-state index in [1.807, 2.05) is 19.1 Å². The monoisotopic (exact) mass is 290 g/mol. The van der Waals surface area contributed by atoms with Gasteiger partial charge >= 0.3 is 5.97 Å². The summed E-state index contributed by atoms with van der Waals surface area (Å²) >= 11 is 0. The van der Waals surface area contributed by atoms with Gasteiger partial charge in [0, 0.05) is 17.9 Å². The number of carbonyl (C=O) groups is 2. The molecule has 2 aliphatic carbocycles. The van der Waals surface area contributed by atoms with Gasteiger partial charge in [0.1, 0.15) is 0 Å². The summed E-state index contributed by atoms with van der Waals surface area (Å²) in [7, 11) is 0. The Bertz CT molecular complexity index is 528. The van der Waals surface area contributed by atoms with E-state index in [0.717, 1.165) is 32.1 Å². The number of fused-ring (bicyclic) bond motifs is 2. The molecule has 3 rings (SSSR count). The molecule has 1 aromatic rings. The summed E-state index contributed by atoms with van der Waals surface area (Å²) in [5.41, 5.74) is -0.366. The molecule has 0 unspecified atom stereocenters. The number of nitrogens with zero attached hydrogens (tertiary/aromatic N) is 1. The van der Waals surface area contributed by atoms with E-state index >= 15 is 0 Å². The normalized spacial score (nSPS) is 30.5. The van der Waals surface area contributed by atoms with Crippen LogP contribution in [0.4, 0.5) is 0 Å². The molecule has 0 spiro atoms. The summed E-state index contributed by atoms with van der Waals surface area (Å²) in [4.78, 5) is 24.2. The zero-order valence-corrected chi connectivity index (χ0v) is 12.4. The first kappa shape index (κ1) is 14.3. The van der Waals surface area contributed by atoms with Crippen LogP contribution in [0.15, 0.2) is 24.5 Å². The van der Waals surface area contributed by atoms with Crippen molar-refractivity contribution in [3.05, 3.63) is 24.5 Å². The molecule has 0 saturated heterocycles. The first-order valence-electron chi connectivity index (χ1n) is 7.68. The fourth-order valence-electron chi connectivity index (χ4n) is 3.86. The summed E-state index contributed by atoms with van der Waals surface area (Å²) in [6, 6.07) is 3.68. The van der Waals surface area contributed by atoms with Crippen LogP contribution in [0.2, 0.25) is 0 Å². The van der Waals surface area contributed by atoms with Crippen molar-refractivity contribution in [2.24, 2.45) is 5.41 Å². The molecule has 5 nitrogen and oxygen atoms in total. The Morgan fingerprint density at radius 2 is 1.86 bits per heavy atom. The quantitative estimate of drug-likeness (QED) is 0.842. The van der Waals surface area contributed by atoms with Crippen molar-refractivity contribution in [1.29, 1.82) is 0 Å². The highest BCUT2D eigenvalue weighted by Gasteiger charge is 2.58. The molecule has 0 aliphatic heterocycles. The maximum Gasteiger partial charge on any atom is 0.312 e. The lowest BCUT2D eigenvalue weighted by Gasteiger charge is -2.28. The lowest BCUT2D eigenvalue weighted by molar-refractivity contribution is -0.154. The molecular weight excluding hydrogens is 268 g/mol. The van der Waals surface area contributed by atoms with Crippen LogP contribution in [-0.2, 0) is 9.53 Å². The molecule has 0 aromatic carbocycles. The van der Waals surface area contributed by atoms with Gasteiger partial charge in [0.25, 0.3) is 0 Å². The number of aromatic nitrogens is 1. The van der Waals surface area contributed by atoms with Gasteiger partial charge in [-0.2, -0.15) is 0 Å². The summed E-state index contributed by atoms with van der Waals surface area (Å²) in [6.45, 7) is 2.60. The number of nitrogens with one attached hydrogen (secondary N) is 1. The van der Waals surface area contributed by atoms with Crippen molar-refractivity contribution < 1.29 is 14.3 Å². The van der Waals surface area contributed by atoms with Crippen LogP contribution >= 0.6 is 0 Å². The van der Waals surface area contributed by atoms with Gasteiger partial charge < -0.3 is 10.1 Å². The van der Waals surface area contributed by atoms with Crippen LogP contribution in [0, 0.1) is 5.41 Å². The highest BCUT2D eigenvalue weighted by molar-refractivity contribution is 5.81. The molecule has 1 heterocycles. The Morgan fingerprint density at radius 3 is 2.48 bits per heavy atom. The second-order valence-corrected chi connectivity index (χ2v) is 6.30. The van der Waals surface area contributed by atoms with Crippen LogP contribution in [-0.4, -0.2) is 35.1 Å². The minimum Gasteiger partial charge on any atom is -0.466 e. The van der Waals surface area contributed by atoms with Gasteiger partial charge in [-0.25, -0.2) is 0 Å². The number of hydrogen-bond acceptors (Lipinski definition) is 4. The molecule has 2 aliphatic rings. The molecule has 114 valence electrons. The second-order valence-electron chi connectivity index (χ2n) is 6.30. The average Bonchev–Trinajstić information content (AvgIpc) is 3.20. The maximum absolute atomic E-state index is 12.2. The van der Waals surface area contributed by atoms with Gasteiger partial charge in [-0.15, -0.1) is 0 Å². The maximum atomic E-state index is 12.2. The van der Waals surface area contributed by atoms with E-state index in [9.17, 15) is 9.59 Å². The van der Waals surface area contributed by atoms with E-state index in [0.29, 0.717) is 13.2 Å². The molecule has 1 aromatic heterocycles. The van der Waals surface area contributed by atoms with Crippen LogP contribution in [0.25, 0.3) is 0 Å². The van der Waals surface area contributed by atoms with Gasteiger partial charge in [0.05, 0.1) is 18.6 Å². The van der Waals surface area contributed by atoms with E-state index in [-0.39, 0.29) is 22.8 Å². The van der Waals surface area contributed by atoms with E-state index in [1.165, 1.54) is 0 Å². The Balaban J connectivity index is 1.61. The predicted octanol–water partition coefficient (Wildman–Crippen LogP) is 1.98. The third-order valence-electron chi connectivity index (χ3n) is 5.06. The molecule has 0 atom stereocenters. The minimum absolute atomic E-state index is 0.0370. The molecule has 2 saturated carbocycles. The zero-order valence-electron chi connectivity index (χ0n) is 12.4. The summed E-state index contributed by atoms with van der Waals surface area (Å²) in [6.07, 6.45) is 7.96. The lowest BCUT2D eigenvalue weighted by atomic mass is 9.84. The predicted molar refractivity (Wildman–Crippen MR) is 77.9 cm³/mol. The smallest absolute Gasteiger partial charge is 0.312 e. The number of esters is 1. The Labute approximate surface area is 124 Å². The van der Waals surface area contributed by atoms with Crippen molar-refractivity contribution in [1.82, 2.24) is 9.88 Å². The van der Waals surface area contributed by atoms with E-state index in [1.54, 1.807) is 17.0 Å². The Kier molecular flexibility index (Phi) is 3.61. The number of ether oxygens (including phenoxy) is 1. The topological polar surface area (TPSA) is 60.3 Å². The third kappa shape index (κ3) is 2.50. The first-order valence-corrected chi connectivity index (χ1v) is 7.68. The van der Waals surface area contributed by atoms with Gasteiger partial charge in [0.2, 0.25) is 5.91 Å². The molecule has 5 heteroatoms. The van der Waals surface area contributed by atoms with Gasteiger partial charge in [-0.05, 0) is 51.2 Å². The van der Waals surface area contributed by atoms with E-state index < -0.39 is 0 Å². The summed E-state index contributed by atoms with van der Waals surface area (Å²) in [5, 5.41) is 3.42. The van der Waals surface area contributed by atoms with Crippen molar-refractivity contribution in [3.63, 3.8) is 0 Å². The zero-order chi connectivity index (χ0) is 14.9. The molecule has 0 radical (unpaired) electrons. The Morgan fingerprint density at radius 1 is 1.19 bits per heavy atom. The SMILES string of the molecule is CCOC(=O)C12CCC(NCC(=O)n3cccc3)(CC1)C2. The molecule has 2 bridgehead atoms. The molecule has 2 fully saturated rings. The van der Waals surface area contributed by atoms with Gasteiger partial charge in [0.15, 0.2) is 0 Å². The number of carbonyl (C=O) groups excluding carboxylic acids is 2. The highest BCUT2D eigenvalue weighted by atomic mass is 16.5. The molecular formula is C16H22N2O3. The van der Waals surface area contributed by atoms with Crippen LogP contribution in [0.3, 0.4) is 0 Å². The molecule has 21 heavy (non-hydrogen) atoms. The van der Waals surface area contributed by atoms with E-state index in [2.05, 4.69) is 5.32 Å². The second kappa shape index (κ2) is 5.30. The largest absolute Gasteiger partial charge is 0.466 e. The fourth-order valence-corrected chi connectivity index (χ4v) is 3.86. The average molecular weight is 290 g/mol. The lowest BCUT2D eigenvalue weighted by Crippen LogP contribution is -2.44. The third-order valence-corrected chi connectivity index (χ3v) is 5.06. The van der Waals surface area contributed by atoms with Crippen LogP contribution in [0.5, 0.6) is 0 Å². The van der Waals surface area contributed by atoms with Crippen molar-refractivity contribution in [3.8, 4) is 0 Å². The van der Waals surface area contributed by atoms with Crippen molar-refractivity contribution in [2.75, 3.05) is 13.2 Å². The van der Waals surface area contributed by atoms with Gasteiger partial charge in [-0.3, -0.25) is 14.2 Å². The molecule has 0 amide bonds. The molecule has 1 N–H and O–H groups in total. The van der Waals surface area contributed by atoms with E-state index in [4.69, 9.17) is 4.74 Å². The highest BCUT2D eigenvalue weighted by Crippen LogP contribution is 2.57. The Hall–Kier alpha value is -1.62. The first-order chi connectivity index (χ1) is 10.1. The van der Waals surface area contributed by atoms with Crippen molar-refractivity contribution in [2.45, 2.75) is 44.6 Å². The minimum atomic E-state index is -0.306. The van der Waals surface area contributed by atoms with Crippen LogP contribution < -0.4 is 5.32 Å². The van der Waals surface area contributed by atoms with Gasteiger partial charge in [-0.1, -0.05) is 0 Å². The standard InChI is InChI=1S/C16H22N2O3/c1-2-21-14(20)15-5-7-16(12-15,8-6-15)17-11-13(19)18-9-3-4-10-18/h3-4,9-10,17H,2,5-8,11-12H2,1H3. The number of hydrogen-bond donors (Lipinski definition) is 1. The number of rotatable bonds is 5. The summed E-state index contributed by atoms with van der Waals surface area (Å²) < 4.78 is 6.83. The van der Waals surface area contributed by atoms with Crippen molar-refractivity contribution >= 4 is 11.9 Å². The van der Waals surface area contributed by atoms with Crippen LogP contribution in [0.1, 0.15) is 43.8 Å². The summed E-state index contributed by atoms with van der Waals surface area (Å²) in [5.74, 6) is -0.0159. The fraction of sp³-hybridized carbons (Fsp3) is 0.625.